The van der Waals surface area contributed by atoms with Gasteiger partial charge in [0.15, 0.2) is 11.6 Å². The van der Waals surface area contributed by atoms with Gasteiger partial charge in [-0.3, -0.25) is 0 Å². The molecule has 0 saturated heterocycles. The molecule has 11 heavy (non-hydrogen) atoms. The fourth-order valence-electron chi connectivity index (χ4n) is 0.726. The number of hydrogen-bond acceptors (Lipinski definition) is 1. The summed E-state index contributed by atoms with van der Waals surface area (Å²) in [6.07, 6.45) is 0. The predicted molar refractivity (Wildman–Crippen MR) is 39.3 cm³/mol. The molecule has 1 rings (SSSR count). The van der Waals surface area contributed by atoms with E-state index in [1.165, 1.54) is 6.07 Å². The van der Waals surface area contributed by atoms with Gasteiger partial charge in [-0.1, -0.05) is 11.6 Å². The van der Waals surface area contributed by atoms with Crippen molar-refractivity contribution in [1.29, 1.82) is 0 Å². The summed E-state index contributed by atoms with van der Waals surface area (Å²) in [6, 6.07) is 2.33. The lowest BCUT2D eigenvalue weighted by molar-refractivity contribution is 0.507. The minimum atomic E-state index is -1.02. The summed E-state index contributed by atoms with van der Waals surface area (Å²) in [5.74, 6) is -1.98. The molecule has 0 aromatic heterocycles. The van der Waals surface area contributed by atoms with Crippen LogP contribution >= 0.6 is 11.6 Å². The quantitative estimate of drug-likeness (QED) is 0.653. The molecule has 0 bridgehead atoms. The molecule has 0 aliphatic carbocycles. The summed E-state index contributed by atoms with van der Waals surface area (Å²) >= 11 is 5.33. The molecule has 0 aliphatic rings. The monoisotopic (exact) mass is 177 g/mol. The molecule has 1 nitrogen and oxygen atoms in total. The molecule has 0 unspecified atom stereocenters. The largest absolute Gasteiger partial charge is 0.326 e. The van der Waals surface area contributed by atoms with Gasteiger partial charge in [-0.2, -0.15) is 0 Å². The molecule has 0 atom stereocenters. The Kier molecular flexibility index (Phi) is 2.42. The van der Waals surface area contributed by atoms with E-state index >= 15 is 0 Å². The average Bonchev–Trinajstić information content (AvgIpc) is 1.99. The number of benzene rings is 1. The Labute approximate surface area is 67.8 Å². The van der Waals surface area contributed by atoms with Gasteiger partial charge in [0.25, 0.3) is 0 Å². The molecule has 1 aromatic rings. The van der Waals surface area contributed by atoms with Crippen molar-refractivity contribution in [2.24, 2.45) is 5.73 Å². The van der Waals surface area contributed by atoms with E-state index in [1.807, 2.05) is 0 Å². The van der Waals surface area contributed by atoms with Crippen molar-refractivity contribution < 1.29 is 8.78 Å². The molecule has 1 aromatic carbocycles. The minimum absolute atomic E-state index is 0.150. The van der Waals surface area contributed by atoms with Crippen LogP contribution in [0.2, 0.25) is 5.02 Å². The highest BCUT2D eigenvalue weighted by molar-refractivity contribution is 6.30. The van der Waals surface area contributed by atoms with Gasteiger partial charge in [-0.15, -0.1) is 0 Å². The molecule has 0 fully saturated rings. The highest BCUT2D eigenvalue weighted by atomic mass is 35.5. The van der Waals surface area contributed by atoms with Crippen molar-refractivity contribution in [1.82, 2.24) is 0 Å². The normalized spacial score (nSPS) is 10.2. The molecule has 2 N–H and O–H groups in total. The topological polar surface area (TPSA) is 26.0 Å². The van der Waals surface area contributed by atoms with E-state index in [2.05, 4.69) is 0 Å². The van der Waals surface area contributed by atoms with E-state index in [0.29, 0.717) is 5.56 Å². The van der Waals surface area contributed by atoms with Crippen molar-refractivity contribution in [2.45, 2.75) is 6.54 Å². The molecule has 60 valence electrons. The van der Waals surface area contributed by atoms with Crippen LogP contribution in [0, 0.1) is 11.6 Å². The molecular weight excluding hydrogens is 172 g/mol. The van der Waals surface area contributed by atoms with E-state index in [9.17, 15) is 8.78 Å². The highest BCUT2D eigenvalue weighted by Gasteiger charge is 2.07. The van der Waals surface area contributed by atoms with Gasteiger partial charge in [0, 0.05) is 6.54 Å². The fourth-order valence-corrected chi connectivity index (χ4v) is 0.956. The number of nitrogens with two attached hydrogens (primary N) is 1. The summed E-state index contributed by atoms with van der Waals surface area (Å²) in [7, 11) is 0. The van der Waals surface area contributed by atoms with Crippen molar-refractivity contribution in [3.63, 3.8) is 0 Å². The van der Waals surface area contributed by atoms with Gasteiger partial charge in [-0.05, 0) is 17.7 Å². The van der Waals surface area contributed by atoms with Crippen LogP contribution in [0.5, 0.6) is 0 Å². The summed E-state index contributed by atoms with van der Waals surface area (Å²) in [6.45, 7) is 0.150. The van der Waals surface area contributed by atoms with E-state index in [4.69, 9.17) is 17.3 Å². The summed E-state index contributed by atoms with van der Waals surface area (Å²) in [4.78, 5) is 0. The second-order valence-corrected chi connectivity index (χ2v) is 2.48. The Balaban J connectivity index is 3.21. The Morgan fingerprint density at radius 1 is 1.36 bits per heavy atom. The van der Waals surface area contributed by atoms with Crippen LogP contribution in [-0.4, -0.2) is 0 Å². The zero-order valence-corrected chi connectivity index (χ0v) is 6.33. The lowest BCUT2D eigenvalue weighted by Gasteiger charge is -1.99. The van der Waals surface area contributed by atoms with Crippen LogP contribution in [0.25, 0.3) is 0 Å². The van der Waals surface area contributed by atoms with Gasteiger partial charge in [0.1, 0.15) is 0 Å². The molecule has 0 amide bonds. The number of halogens is 3. The molecule has 0 aliphatic heterocycles. The third-order valence-electron chi connectivity index (χ3n) is 1.28. The van der Waals surface area contributed by atoms with Gasteiger partial charge >= 0.3 is 0 Å². The third kappa shape index (κ3) is 1.67. The first-order chi connectivity index (χ1) is 5.15. The standard InChI is InChI=1S/C7H6ClF2N/c8-5-1-4(3-11)2-6(9)7(5)10/h1-2H,3,11H2. The second kappa shape index (κ2) is 3.15. The maximum absolute atomic E-state index is 12.5. The zero-order valence-electron chi connectivity index (χ0n) is 5.57. The van der Waals surface area contributed by atoms with Crippen molar-refractivity contribution >= 4 is 11.6 Å². The summed E-state index contributed by atoms with van der Waals surface area (Å²) in [5, 5.41) is -0.231. The first-order valence-corrected chi connectivity index (χ1v) is 3.36. The first-order valence-electron chi connectivity index (χ1n) is 2.98. The van der Waals surface area contributed by atoms with Gasteiger partial charge in [0.05, 0.1) is 5.02 Å². The zero-order chi connectivity index (χ0) is 8.43. The van der Waals surface area contributed by atoms with Crippen molar-refractivity contribution in [3.05, 3.63) is 34.4 Å². The first kappa shape index (κ1) is 8.43. The van der Waals surface area contributed by atoms with Crippen LogP contribution in [0.4, 0.5) is 8.78 Å². The maximum atomic E-state index is 12.5. The SMILES string of the molecule is NCc1cc(F)c(F)c(Cl)c1. The van der Waals surface area contributed by atoms with E-state index in [0.717, 1.165) is 6.07 Å². The van der Waals surface area contributed by atoms with Gasteiger partial charge < -0.3 is 5.73 Å². The molecule has 4 heteroatoms. The maximum Gasteiger partial charge on any atom is 0.177 e. The molecule has 0 heterocycles. The van der Waals surface area contributed by atoms with Crippen LogP contribution in [0.1, 0.15) is 5.56 Å². The number of rotatable bonds is 1. The Hall–Kier alpha value is -0.670. The average molecular weight is 178 g/mol. The van der Waals surface area contributed by atoms with E-state index < -0.39 is 11.6 Å². The number of hydrogen-bond donors (Lipinski definition) is 1. The van der Waals surface area contributed by atoms with Gasteiger partial charge in [0.2, 0.25) is 0 Å². The fraction of sp³-hybridized carbons (Fsp3) is 0.143. The Morgan fingerprint density at radius 2 is 2.00 bits per heavy atom. The van der Waals surface area contributed by atoms with Gasteiger partial charge in [-0.25, -0.2) is 8.78 Å². The lowest BCUT2D eigenvalue weighted by Crippen LogP contribution is -1.98. The Bertz CT molecular complexity index is 252. The smallest absolute Gasteiger partial charge is 0.177 e. The van der Waals surface area contributed by atoms with Crippen molar-refractivity contribution in [2.75, 3.05) is 0 Å². The van der Waals surface area contributed by atoms with Crippen molar-refractivity contribution in [3.8, 4) is 0 Å². The van der Waals surface area contributed by atoms with Crippen LogP contribution in [0.3, 0.4) is 0 Å². The summed E-state index contributed by atoms with van der Waals surface area (Å²) in [5.41, 5.74) is 5.67. The van der Waals surface area contributed by atoms with Crippen LogP contribution in [0.15, 0.2) is 12.1 Å². The van der Waals surface area contributed by atoms with Crippen LogP contribution < -0.4 is 5.73 Å². The van der Waals surface area contributed by atoms with E-state index in [1.54, 1.807) is 0 Å². The molecular formula is C7H6ClF2N. The summed E-state index contributed by atoms with van der Waals surface area (Å²) < 4.78 is 25.0. The predicted octanol–water partition coefficient (Wildman–Crippen LogP) is 2.08. The second-order valence-electron chi connectivity index (χ2n) is 2.08. The minimum Gasteiger partial charge on any atom is -0.326 e. The van der Waals surface area contributed by atoms with E-state index in [-0.39, 0.29) is 11.6 Å². The third-order valence-corrected chi connectivity index (χ3v) is 1.55. The molecule has 0 radical (unpaired) electrons. The molecule has 0 saturated carbocycles. The van der Waals surface area contributed by atoms with Crippen LogP contribution in [-0.2, 0) is 6.54 Å². The lowest BCUT2D eigenvalue weighted by atomic mass is 10.2. The Morgan fingerprint density at radius 3 is 2.45 bits per heavy atom. The highest BCUT2D eigenvalue weighted by Crippen LogP contribution is 2.19. The molecule has 0 spiro atoms.